The maximum absolute atomic E-state index is 9.40. The van der Waals surface area contributed by atoms with Gasteiger partial charge >= 0.3 is 0 Å². The molecule has 2 nitrogen and oxygen atoms in total. The molecule has 2 rings (SSSR count). The summed E-state index contributed by atoms with van der Waals surface area (Å²) in [6.45, 7) is 0. The highest BCUT2D eigenvalue weighted by Gasteiger charge is 2.05. The first-order valence-corrected chi connectivity index (χ1v) is 6.45. The Morgan fingerprint density at radius 1 is 0.737 bits per heavy atom. The van der Waals surface area contributed by atoms with Gasteiger partial charge in [-0.1, -0.05) is 47.0 Å². The Bertz CT molecular complexity index is 628. The molecule has 0 aliphatic heterocycles. The van der Waals surface area contributed by atoms with E-state index in [2.05, 4.69) is 0 Å². The summed E-state index contributed by atoms with van der Waals surface area (Å²) in [5, 5.41) is 19.9. The highest BCUT2D eigenvalue weighted by atomic mass is 35.5. The Balaban J connectivity index is 2.41. The Hall–Kier alpha value is -1.35. The normalized spacial score (nSPS) is 11.1. The van der Waals surface area contributed by atoms with Crippen LogP contribution in [0.5, 0.6) is 11.5 Å². The summed E-state index contributed by atoms with van der Waals surface area (Å²) in [4.78, 5) is 0. The molecule has 19 heavy (non-hydrogen) atoms. The molecule has 0 amide bonds. The van der Waals surface area contributed by atoms with E-state index in [-0.39, 0.29) is 11.5 Å². The van der Waals surface area contributed by atoms with E-state index in [0.29, 0.717) is 26.2 Å². The minimum Gasteiger partial charge on any atom is -0.508 e. The van der Waals surface area contributed by atoms with Gasteiger partial charge in [0.05, 0.1) is 10.0 Å². The zero-order valence-corrected chi connectivity index (χ0v) is 11.8. The molecule has 0 unspecified atom stereocenters. The number of rotatable bonds is 2. The molecular weight excluding hydrogens is 307 g/mol. The summed E-state index contributed by atoms with van der Waals surface area (Å²) < 4.78 is 0. The van der Waals surface area contributed by atoms with Gasteiger partial charge in [0.2, 0.25) is 0 Å². The van der Waals surface area contributed by atoms with Gasteiger partial charge in [-0.05, 0) is 35.9 Å². The van der Waals surface area contributed by atoms with Crippen molar-refractivity contribution in [3.8, 4) is 11.5 Å². The fourth-order valence-corrected chi connectivity index (χ4v) is 2.34. The van der Waals surface area contributed by atoms with Crippen LogP contribution in [0.15, 0.2) is 30.3 Å². The standard InChI is InChI=1S/C14H9Cl3O2/c15-12-4-2-9(18)5-8(12)1-3-11-13(16)6-10(19)7-14(11)17/h1-7,18-19H/b3-1+. The predicted molar refractivity (Wildman–Crippen MR) is 80.2 cm³/mol. The first-order chi connectivity index (χ1) is 8.97. The summed E-state index contributed by atoms with van der Waals surface area (Å²) in [6.07, 6.45) is 3.36. The molecule has 0 saturated carbocycles. The summed E-state index contributed by atoms with van der Waals surface area (Å²) in [5.41, 5.74) is 1.21. The van der Waals surface area contributed by atoms with E-state index in [0.717, 1.165) is 0 Å². The number of hydrogen-bond donors (Lipinski definition) is 2. The van der Waals surface area contributed by atoms with Crippen molar-refractivity contribution in [1.82, 2.24) is 0 Å². The van der Waals surface area contributed by atoms with Crippen LogP contribution < -0.4 is 0 Å². The van der Waals surface area contributed by atoms with Crippen molar-refractivity contribution in [3.63, 3.8) is 0 Å². The monoisotopic (exact) mass is 314 g/mol. The van der Waals surface area contributed by atoms with Gasteiger partial charge in [-0.25, -0.2) is 0 Å². The van der Waals surface area contributed by atoms with Gasteiger partial charge < -0.3 is 10.2 Å². The quantitative estimate of drug-likeness (QED) is 0.745. The SMILES string of the molecule is Oc1cc(Cl)c(/C=C/c2cc(O)ccc2Cl)c(Cl)c1. The van der Waals surface area contributed by atoms with Crippen molar-refractivity contribution >= 4 is 47.0 Å². The number of aromatic hydroxyl groups is 2. The molecule has 0 aromatic heterocycles. The van der Waals surface area contributed by atoms with Gasteiger partial charge in [0.15, 0.2) is 0 Å². The van der Waals surface area contributed by atoms with Gasteiger partial charge in [0, 0.05) is 10.6 Å². The molecule has 0 heterocycles. The fraction of sp³-hybridized carbons (Fsp3) is 0. The summed E-state index contributed by atoms with van der Waals surface area (Å²) in [7, 11) is 0. The molecule has 0 saturated heterocycles. The molecule has 98 valence electrons. The fourth-order valence-electron chi connectivity index (χ4n) is 1.56. The lowest BCUT2D eigenvalue weighted by Gasteiger charge is -2.04. The van der Waals surface area contributed by atoms with Crippen molar-refractivity contribution in [1.29, 1.82) is 0 Å². The molecule has 0 aliphatic rings. The molecule has 0 spiro atoms. The molecule has 0 radical (unpaired) electrons. The van der Waals surface area contributed by atoms with Crippen LogP contribution in [-0.4, -0.2) is 10.2 Å². The molecule has 0 bridgehead atoms. The number of hydrogen-bond acceptors (Lipinski definition) is 2. The van der Waals surface area contributed by atoms with Crippen LogP contribution in [-0.2, 0) is 0 Å². The lowest BCUT2D eigenvalue weighted by atomic mass is 10.1. The Morgan fingerprint density at radius 3 is 2.00 bits per heavy atom. The van der Waals surface area contributed by atoms with E-state index in [1.165, 1.54) is 24.3 Å². The molecule has 0 aliphatic carbocycles. The van der Waals surface area contributed by atoms with Crippen molar-refractivity contribution in [2.75, 3.05) is 0 Å². The summed E-state index contributed by atoms with van der Waals surface area (Å²) in [6, 6.07) is 7.42. The molecular formula is C14H9Cl3O2. The van der Waals surface area contributed by atoms with E-state index in [9.17, 15) is 10.2 Å². The summed E-state index contributed by atoms with van der Waals surface area (Å²) in [5.74, 6) is 0.120. The van der Waals surface area contributed by atoms with Gasteiger partial charge in [0.25, 0.3) is 0 Å². The van der Waals surface area contributed by atoms with E-state index in [1.807, 2.05) is 0 Å². The van der Waals surface area contributed by atoms with Crippen LogP contribution in [0.3, 0.4) is 0 Å². The first-order valence-electron chi connectivity index (χ1n) is 5.32. The van der Waals surface area contributed by atoms with Crippen molar-refractivity contribution in [2.45, 2.75) is 0 Å². The van der Waals surface area contributed by atoms with Crippen molar-refractivity contribution in [2.24, 2.45) is 0 Å². The molecule has 5 heteroatoms. The zero-order valence-electron chi connectivity index (χ0n) is 9.57. The van der Waals surface area contributed by atoms with Gasteiger partial charge in [0.1, 0.15) is 11.5 Å². The van der Waals surface area contributed by atoms with Crippen LogP contribution in [0.4, 0.5) is 0 Å². The maximum atomic E-state index is 9.40. The predicted octanol–water partition coefficient (Wildman–Crippen LogP) is 5.23. The number of phenolic OH excluding ortho intramolecular Hbond substituents is 2. The van der Waals surface area contributed by atoms with Crippen LogP contribution in [0.2, 0.25) is 15.1 Å². The van der Waals surface area contributed by atoms with Crippen LogP contribution in [0.1, 0.15) is 11.1 Å². The average molecular weight is 316 g/mol. The molecule has 0 fully saturated rings. The number of halogens is 3. The molecule has 2 aromatic rings. The average Bonchev–Trinajstić information content (AvgIpc) is 2.32. The van der Waals surface area contributed by atoms with E-state index >= 15 is 0 Å². The molecule has 2 aromatic carbocycles. The number of phenols is 2. The zero-order chi connectivity index (χ0) is 14.0. The van der Waals surface area contributed by atoms with Crippen LogP contribution in [0, 0.1) is 0 Å². The highest BCUT2D eigenvalue weighted by Crippen LogP contribution is 2.32. The number of benzene rings is 2. The first kappa shape index (κ1) is 14.1. The Morgan fingerprint density at radius 2 is 1.37 bits per heavy atom. The third-order valence-corrected chi connectivity index (χ3v) is 3.44. The second-order valence-corrected chi connectivity index (χ2v) is 5.08. The van der Waals surface area contributed by atoms with E-state index in [1.54, 1.807) is 18.2 Å². The van der Waals surface area contributed by atoms with E-state index in [4.69, 9.17) is 34.8 Å². The van der Waals surface area contributed by atoms with Gasteiger partial charge in [-0.15, -0.1) is 0 Å². The Kier molecular flexibility index (Phi) is 4.25. The van der Waals surface area contributed by atoms with Crippen molar-refractivity contribution < 1.29 is 10.2 Å². The maximum Gasteiger partial charge on any atom is 0.118 e. The molecule has 2 N–H and O–H groups in total. The molecule has 0 atom stereocenters. The third kappa shape index (κ3) is 3.35. The van der Waals surface area contributed by atoms with Gasteiger partial charge in [-0.3, -0.25) is 0 Å². The Labute approximate surface area is 125 Å². The second kappa shape index (κ2) is 5.74. The topological polar surface area (TPSA) is 40.5 Å². The van der Waals surface area contributed by atoms with E-state index < -0.39 is 0 Å². The minimum absolute atomic E-state index is 0.00235. The minimum atomic E-state index is 0.00235. The lowest BCUT2D eigenvalue weighted by Crippen LogP contribution is -1.80. The third-order valence-electron chi connectivity index (χ3n) is 2.47. The largest absolute Gasteiger partial charge is 0.508 e. The van der Waals surface area contributed by atoms with Crippen LogP contribution in [0.25, 0.3) is 12.2 Å². The van der Waals surface area contributed by atoms with Crippen LogP contribution >= 0.6 is 34.8 Å². The van der Waals surface area contributed by atoms with Crippen molar-refractivity contribution in [3.05, 3.63) is 56.5 Å². The lowest BCUT2D eigenvalue weighted by molar-refractivity contribution is 0.475. The highest BCUT2D eigenvalue weighted by molar-refractivity contribution is 6.37. The smallest absolute Gasteiger partial charge is 0.118 e. The second-order valence-electron chi connectivity index (χ2n) is 3.86. The van der Waals surface area contributed by atoms with Gasteiger partial charge in [-0.2, -0.15) is 0 Å². The summed E-state index contributed by atoms with van der Waals surface area (Å²) >= 11 is 18.0.